The van der Waals surface area contributed by atoms with Crippen molar-refractivity contribution in [1.82, 2.24) is 0 Å². The predicted molar refractivity (Wildman–Crippen MR) is 125 cm³/mol. The summed E-state index contributed by atoms with van der Waals surface area (Å²) in [5.74, 6) is 0.855. The zero-order valence-corrected chi connectivity index (χ0v) is 19.1. The van der Waals surface area contributed by atoms with Crippen LogP contribution in [-0.2, 0) is 15.9 Å². The van der Waals surface area contributed by atoms with Crippen LogP contribution in [0.15, 0.2) is 61.2 Å². The van der Waals surface area contributed by atoms with Gasteiger partial charge in [0.15, 0.2) is 0 Å². The van der Waals surface area contributed by atoms with E-state index in [0.29, 0.717) is 26.2 Å². The van der Waals surface area contributed by atoms with E-state index in [2.05, 4.69) is 32.2 Å². The van der Waals surface area contributed by atoms with Gasteiger partial charge in [-0.25, -0.2) is 0 Å². The fraction of sp³-hybridized carbons (Fsp3) is 0.538. The Labute approximate surface area is 183 Å². The molecular weight excluding hydrogens is 376 g/mol. The van der Waals surface area contributed by atoms with E-state index in [1.54, 1.807) is 6.08 Å². The molecule has 1 rings (SSSR count). The lowest BCUT2D eigenvalue weighted by Gasteiger charge is -2.24. The highest BCUT2D eigenvalue weighted by Crippen LogP contribution is 2.17. The maximum atomic E-state index is 9.02. The Hall–Kier alpha value is -1.88. The zero-order valence-electron chi connectivity index (χ0n) is 19.1. The van der Waals surface area contributed by atoms with Crippen molar-refractivity contribution in [3.8, 4) is 5.75 Å². The summed E-state index contributed by atoms with van der Waals surface area (Å²) in [5.41, 5.74) is 2.06. The maximum Gasteiger partial charge on any atom is 0.119 e. The van der Waals surface area contributed by atoms with Crippen molar-refractivity contribution in [2.45, 2.75) is 64.6 Å². The molecule has 0 radical (unpaired) electrons. The first-order chi connectivity index (χ1) is 14.4. The molecule has 0 spiro atoms. The summed E-state index contributed by atoms with van der Waals surface area (Å²) in [5, 5.41) is 9.02. The molecule has 0 saturated carbocycles. The Morgan fingerprint density at radius 2 is 1.97 bits per heavy atom. The lowest BCUT2D eigenvalue weighted by Crippen LogP contribution is -2.26. The molecule has 0 saturated heterocycles. The first-order valence-electron chi connectivity index (χ1n) is 10.9. The number of benzene rings is 1. The highest BCUT2D eigenvalue weighted by atomic mass is 16.5. The van der Waals surface area contributed by atoms with E-state index in [9.17, 15) is 0 Å². The molecule has 0 aliphatic heterocycles. The highest BCUT2D eigenvalue weighted by Gasteiger charge is 2.16. The molecule has 168 valence electrons. The van der Waals surface area contributed by atoms with E-state index in [1.807, 2.05) is 38.1 Å². The van der Waals surface area contributed by atoms with Gasteiger partial charge in [0.2, 0.25) is 0 Å². The third-order valence-corrected chi connectivity index (χ3v) is 4.87. The van der Waals surface area contributed by atoms with E-state index in [-0.39, 0.29) is 18.3 Å². The molecule has 0 bridgehead atoms. The smallest absolute Gasteiger partial charge is 0.119 e. The van der Waals surface area contributed by atoms with Gasteiger partial charge in [-0.1, -0.05) is 43.5 Å². The molecule has 0 aliphatic rings. The number of hydrogen-bond acceptors (Lipinski definition) is 4. The van der Waals surface area contributed by atoms with Crippen LogP contribution in [-0.4, -0.2) is 43.2 Å². The van der Waals surface area contributed by atoms with Crippen molar-refractivity contribution in [1.29, 1.82) is 0 Å². The van der Waals surface area contributed by atoms with Crippen molar-refractivity contribution in [3.05, 3.63) is 66.8 Å². The van der Waals surface area contributed by atoms with Gasteiger partial charge in [0.05, 0.1) is 18.3 Å². The molecule has 30 heavy (non-hydrogen) atoms. The molecule has 1 N–H and O–H groups in total. The summed E-state index contributed by atoms with van der Waals surface area (Å²) in [6.07, 6.45) is 10.3. The van der Waals surface area contributed by atoms with Crippen LogP contribution in [0.5, 0.6) is 5.75 Å². The lowest BCUT2D eigenvalue weighted by molar-refractivity contribution is -0.0353. The first kappa shape index (κ1) is 26.2. The summed E-state index contributed by atoms with van der Waals surface area (Å²) in [6, 6.07) is 8.12. The first-order valence-corrected chi connectivity index (χ1v) is 10.9. The summed E-state index contributed by atoms with van der Waals surface area (Å²) >= 11 is 0. The number of hydrogen-bond donors (Lipinski definition) is 1. The molecule has 1 unspecified atom stereocenters. The minimum Gasteiger partial charge on any atom is -0.491 e. The second kappa shape index (κ2) is 15.0. The number of ether oxygens (including phenoxy) is 3. The molecule has 0 fully saturated rings. The van der Waals surface area contributed by atoms with Gasteiger partial charge in [0, 0.05) is 13.2 Å². The van der Waals surface area contributed by atoms with Gasteiger partial charge >= 0.3 is 0 Å². The van der Waals surface area contributed by atoms with Gasteiger partial charge in [-0.2, -0.15) is 0 Å². The summed E-state index contributed by atoms with van der Waals surface area (Å²) < 4.78 is 17.5. The SMILES string of the molecule is C=C/C=C(\C=C)Cc1cccc(OCCOC(C)CCCCOC(C)(C)CCO)c1. The average molecular weight is 417 g/mol. The molecule has 1 aromatic carbocycles. The quantitative estimate of drug-likeness (QED) is 0.263. The Balaban J connectivity index is 2.21. The van der Waals surface area contributed by atoms with Gasteiger partial charge in [-0.05, 0) is 76.1 Å². The fourth-order valence-electron chi connectivity index (χ4n) is 3.05. The number of aliphatic hydroxyl groups excluding tert-OH is 1. The Morgan fingerprint density at radius 3 is 2.67 bits per heavy atom. The summed E-state index contributed by atoms with van der Waals surface area (Å²) in [7, 11) is 0. The van der Waals surface area contributed by atoms with Crippen LogP contribution >= 0.6 is 0 Å². The third-order valence-electron chi connectivity index (χ3n) is 4.87. The van der Waals surface area contributed by atoms with E-state index < -0.39 is 0 Å². The molecule has 0 aromatic heterocycles. The van der Waals surface area contributed by atoms with Crippen LogP contribution in [0.1, 0.15) is 52.0 Å². The van der Waals surface area contributed by atoms with Gasteiger partial charge in [0.1, 0.15) is 12.4 Å². The molecule has 0 amide bonds. The summed E-state index contributed by atoms with van der Waals surface area (Å²) in [6.45, 7) is 15.7. The summed E-state index contributed by atoms with van der Waals surface area (Å²) in [4.78, 5) is 0. The molecule has 4 nitrogen and oxygen atoms in total. The van der Waals surface area contributed by atoms with Crippen LogP contribution in [0.3, 0.4) is 0 Å². The molecule has 4 heteroatoms. The standard InChI is InChI=1S/C26H40O4/c1-6-11-23(7-2)20-24-13-10-14-25(21-24)29-19-18-28-22(3)12-8-9-17-30-26(4,5)15-16-27/h6-7,10-11,13-14,21-22,27H,1-2,8-9,12,15-20H2,3-5H3/b23-11+. The van der Waals surface area contributed by atoms with E-state index >= 15 is 0 Å². The zero-order chi connectivity index (χ0) is 22.2. The van der Waals surface area contributed by atoms with Crippen molar-refractivity contribution >= 4 is 0 Å². The van der Waals surface area contributed by atoms with Crippen LogP contribution in [0.25, 0.3) is 0 Å². The second-order valence-corrected chi connectivity index (χ2v) is 8.11. The molecule has 0 heterocycles. The second-order valence-electron chi connectivity index (χ2n) is 8.11. The van der Waals surface area contributed by atoms with Crippen LogP contribution in [0.2, 0.25) is 0 Å². The third kappa shape index (κ3) is 12.0. The van der Waals surface area contributed by atoms with E-state index in [4.69, 9.17) is 19.3 Å². The van der Waals surface area contributed by atoms with Gasteiger partial charge < -0.3 is 19.3 Å². The van der Waals surface area contributed by atoms with E-state index in [1.165, 1.54) is 5.56 Å². The lowest BCUT2D eigenvalue weighted by atomic mass is 10.0. The van der Waals surface area contributed by atoms with Crippen molar-refractivity contribution in [2.75, 3.05) is 26.4 Å². The highest BCUT2D eigenvalue weighted by molar-refractivity contribution is 5.34. The van der Waals surface area contributed by atoms with Gasteiger partial charge in [0.25, 0.3) is 0 Å². The Morgan fingerprint density at radius 1 is 1.17 bits per heavy atom. The van der Waals surface area contributed by atoms with Crippen molar-refractivity contribution < 1.29 is 19.3 Å². The monoisotopic (exact) mass is 416 g/mol. The molecule has 1 aromatic rings. The number of rotatable bonds is 17. The van der Waals surface area contributed by atoms with E-state index in [0.717, 1.165) is 37.0 Å². The maximum absolute atomic E-state index is 9.02. The van der Waals surface area contributed by atoms with Crippen molar-refractivity contribution in [3.63, 3.8) is 0 Å². The van der Waals surface area contributed by atoms with Gasteiger partial charge in [-0.3, -0.25) is 0 Å². The predicted octanol–water partition coefficient (Wildman–Crippen LogP) is 5.66. The number of allylic oxidation sites excluding steroid dienone is 4. The van der Waals surface area contributed by atoms with Crippen LogP contribution in [0, 0.1) is 0 Å². The van der Waals surface area contributed by atoms with Crippen LogP contribution < -0.4 is 4.74 Å². The topological polar surface area (TPSA) is 47.9 Å². The molecule has 1 atom stereocenters. The average Bonchev–Trinajstić information content (AvgIpc) is 2.71. The normalized spacial score (nSPS) is 13.1. The molecular formula is C26H40O4. The van der Waals surface area contributed by atoms with Crippen LogP contribution in [0.4, 0.5) is 0 Å². The number of aliphatic hydroxyl groups is 1. The minimum absolute atomic E-state index is 0.159. The largest absolute Gasteiger partial charge is 0.491 e. The van der Waals surface area contributed by atoms with Gasteiger partial charge in [-0.15, -0.1) is 0 Å². The Bertz CT molecular complexity index is 648. The number of unbranched alkanes of at least 4 members (excludes halogenated alkanes) is 1. The molecule has 0 aliphatic carbocycles. The Kier molecular flexibility index (Phi) is 13.1. The fourth-order valence-corrected chi connectivity index (χ4v) is 3.05. The van der Waals surface area contributed by atoms with Crippen molar-refractivity contribution in [2.24, 2.45) is 0 Å². The minimum atomic E-state index is -0.249.